The van der Waals surface area contributed by atoms with Crippen molar-refractivity contribution >= 4 is 22.5 Å². The molecule has 3 nitrogen and oxygen atoms in total. The molecule has 0 saturated carbocycles. The van der Waals surface area contributed by atoms with Gasteiger partial charge in [0.1, 0.15) is 4.74 Å². The molecule has 2 aromatic carbocycles. The predicted molar refractivity (Wildman–Crippen MR) is 56.6 cm³/mol. The first kappa shape index (κ1) is 12.2. The van der Waals surface area contributed by atoms with Gasteiger partial charge in [0.05, 0.1) is 0 Å². The molecule has 0 heterocycles. The summed E-state index contributed by atoms with van der Waals surface area (Å²) in [6, 6.07) is 13.6. The lowest BCUT2D eigenvalue weighted by Crippen LogP contribution is -3.00. The summed E-state index contributed by atoms with van der Waals surface area (Å²) in [5.74, 6) is 0. The molecular weight excluding hydrogens is 226 g/mol. The van der Waals surface area contributed by atoms with Crippen LogP contribution in [0.2, 0.25) is 0 Å². The van der Waals surface area contributed by atoms with Crippen molar-refractivity contribution in [1.29, 1.82) is 0 Å². The molecule has 0 aliphatic heterocycles. The van der Waals surface area contributed by atoms with Gasteiger partial charge in [-0.15, -0.1) is 0 Å². The summed E-state index contributed by atoms with van der Waals surface area (Å²) >= 11 is 0. The molecule has 16 heavy (non-hydrogen) atoms. The summed E-state index contributed by atoms with van der Waals surface area (Å²) in [5.41, 5.74) is 0.672. The van der Waals surface area contributed by atoms with E-state index < -0.39 is 0 Å². The molecule has 0 aromatic heterocycles. The Morgan fingerprint density at radius 2 is 1.81 bits per heavy atom. The summed E-state index contributed by atoms with van der Waals surface area (Å²) in [6.45, 7) is 0. The van der Waals surface area contributed by atoms with Crippen LogP contribution in [0.5, 0.6) is 0 Å². The second-order valence-corrected chi connectivity index (χ2v) is 3.10. The van der Waals surface area contributed by atoms with E-state index in [0.29, 0.717) is 5.69 Å². The number of halogens is 1. The van der Waals surface area contributed by atoms with E-state index in [2.05, 4.69) is 0 Å². The molecule has 0 N–H and O–H groups in total. The molecule has 0 fully saturated rings. The summed E-state index contributed by atoms with van der Waals surface area (Å²) in [6.07, 6.45) is 1.69. The first-order chi connectivity index (χ1) is 7.35. The smallest absolute Gasteiger partial charge is 0.484 e. The zero-order valence-electron chi connectivity index (χ0n) is 8.68. The van der Waals surface area contributed by atoms with Crippen molar-refractivity contribution in [1.82, 2.24) is 0 Å². The molecule has 0 aliphatic rings. The van der Waals surface area contributed by atoms with Gasteiger partial charge in [0.2, 0.25) is 0 Å². The van der Waals surface area contributed by atoms with Gasteiger partial charge in [-0.25, -0.2) is 0 Å². The molecule has 0 radical (unpaired) electrons. The van der Waals surface area contributed by atoms with Crippen molar-refractivity contribution < 1.29 is 26.8 Å². The predicted octanol–water partition coefficient (Wildman–Crippen LogP) is -0.615. The Morgan fingerprint density at radius 3 is 2.44 bits per heavy atom. The van der Waals surface area contributed by atoms with Crippen LogP contribution < -0.4 is 12.4 Å². The number of benzene rings is 2. The molecule has 0 unspecified atom stereocenters. The van der Waals surface area contributed by atoms with E-state index in [1.54, 1.807) is 6.08 Å². The average molecular weight is 236 g/mol. The van der Waals surface area contributed by atoms with Crippen LogP contribution in [0.4, 0.5) is 5.69 Å². The topological polar surface area (TPSA) is 29.3 Å². The maximum absolute atomic E-state index is 10.5. The molecule has 82 valence electrons. The second-order valence-electron chi connectivity index (χ2n) is 3.10. The fraction of sp³-hybridized carbons (Fsp3) is 0.0833. The minimum Gasteiger partial charge on any atom is -1.00 e. The van der Waals surface area contributed by atoms with Crippen molar-refractivity contribution in [3.05, 3.63) is 42.5 Å². The highest BCUT2D eigenvalue weighted by molar-refractivity contribution is 5.84. The Labute approximate surface area is 99.3 Å². The van der Waals surface area contributed by atoms with Gasteiger partial charge in [-0.2, -0.15) is 4.79 Å². The van der Waals surface area contributed by atoms with E-state index in [1.807, 2.05) is 42.5 Å². The number of nitrogens with zero attached hydrogens (tertiary/aromatic N) is 1. The third-order valence-electron chi connectivity index (χ3n) is 2.23. The number of rotatable bonds is 2. The first-order valence-corrected chi connectivity index (χ1v) is 4.56. The largest absolute Gasteiger partial charge is 1.00 e. The molecular formula is C12H10ClNO2. The molecule has 0 spiro atoms. The van der Waals surface area contributed by atoms with Gasteiger partial charge in [0.15, 0.2) is 7.11 Å². The standard InChI is InChI=1S/C12H10NO2.ClH/c1-15-13(9-14)12-7-6-10-4-2-3-5-11(10)8-12;/h2-8H,1H3;1H/q+1;/p-1. The Kier molecular flexibility index (Phi) is 4.06. The van der Waals surface area contributed by atoms with Crippen molar-refractivity contribution in [2.45, 2.75) is 0 Å². The number of fused-ring (bicyclic) bond motifs is 1. The highest BCUT2D eigenvalue weighted by atomic mass is 35.5. The van der Waals surface area contributed by atoms with Crippen LogP contribution >= 0.6 is 0 Å². The molecule has 4 heteroatoms. The monoisotopic (exact) mass is 235 g/mol. The van der Waals surface area contributed by atoms with Crippen LogP contribution in [-0.2, 0) is 9.63 Å². The maximum atomic E-state index is 10.5. The van der Waals surface area contributed by atoms with Crippen LogP contribution in [0.1, 0.15) is 0 Å². The van der Waals surface area contributed by atoms with E-state index in [9.17, 15) is 4.79 Å². The van der Waals surface area contributed by atoms with Gasteiger partial charge in [-0.1, -0.05) is 24.3 Å². The van der Waals surface area contributed by atoms with Gasteiger partial charge >= 0.3 is 6.08 Å². The quantitative estimate of drug-likeness (QED) is 0.301. The van der Waals surface area contributed by atoms with Crippen LogP contribution in [0.3, 0.4) is 0 Å². The van der Waals surface area contributed by atoms with E-state index in [0.717, 1.165) is 15.5 Å². The number of hydrogen-bond donors (Lipinski definition) is 0. The lowest BCUT2D eigenvalue weighted by molar-refractivity contribution is -0.717. The number of carbonyl (C=O) groups excluding carboxylic acids is 1. The van der Waals surface area contributed by atoms with Gasteiger partial charge in [0.25, 0.3) is 5.69 Å². The highest BCUT2D eigenvalue weighted by Crippen LogP contribution is 2.20. The highest BCUT2D eigenvalue weighted by Gasteiger charge is 2.10. The Morgan fingerprint density at radius 1 is 1.12 bits per heavy atom. The zero-order chi connectivity index (χ0) is 10.7. The molecule has 0 bridgehead atoms. The van der Waals surface area contributed by atoms with Gasteiger partial charge in [0, 0.05) is 12.1 Å². The van der Waals surface area contributed by atoms with Crippen molar-refractivity contribution in [2.24, 2.45) is 0 Å². The molecule has 0 saturated heterocycles. The summed E-state index contributed by atoms with van der Waals surface area (Å²) in [4.78, 5) is 15.4. The van der Waals surface area contributed by atoms with E-state index in [1.165, 1.54) is 7.11 Å². The summed E-state index contributed by atoms with van der Waals surface area (Å²) in [7, 11) is 1.43. The lowest BCUT2D eigenvalue weighted by Gasteiger charge is -1.97. The van der Waals surface area contributed by atoms with Crippen LogP contribution in [0, 0.1) is 0 Å². The second kappa shape index (κ2) is 5.31. The third-order valence-corrected chi connectivity index (χ3v) is 2.23. The minimum absolute atomic E-state index is 0. The molecule has 0 atom stereocenters. The molecule has 2 aromatic rings. The van der Waals surface area contributed by atoms with Crippen molar-refractivity contribution in [2.75, 3.05) is 7.11 Å². The zero-order valence-corrected chi connectivity index (χ0v) is 9.44. The fourth-order valence-corrected chi connectivity index (χ4v) is 1.50. The van der Waals surface area contributed by atoms with Gasteiger partial charge in [-0.05, 0) is 16.8 Å². The normalized spacial score (nSPS) is 9.06. The van der Waals surface area contributed by atoms with E-state index >= 15 is 0 Å². The Balaban J connectivity index is 0.00000128. The van der Waals surface area contributed by atoms with E-state index in [-0.39, 0.29) is 12.4 Å². The van der Waals surface area contributed by atoms with Crippen LogP contribution in [0.15, 0.2) is 42.5 Å². The Bertz CT molecular complexity index is 547. The third kappa shape index (κ3) is 2.22. The summed E-state index contributed by atoms with van der Waals surface area (Å²) < 4.78 is 1.06. The summed E-state index contributed by atoms with van der Waals surface area (Å²) in [5, 5.41) is 2.19. The Hall–Kier alpha value is -1.83. The number of isocyanates is 1. The SMILES string of the molecule is CO[N+](=C=O)c1ccc2ccccc2c1.[Cl-]. The molecule has 0 amide bonds. The number of hydrogen-bond acceptors (Lipinski definition) is 2. The maximum Gasteiger partial charge on any atom is 0.484 e. The first-order valence-electron chi connectivity index (χ1n) is 4.56. The van der Waals surface area contributed by atoms with Crippen LogP contribution in [0.25, 0.3) is 10.8 Å². The van der Waals surface area contributed by atoms with Gasteiger partial charge in [-0.3, -0.25) is 4.84 Å². The molecule has 0 aliphatic carbocycles. The minimum atomic E-state index is 0. The van der Waals surface area contributed by atoms with Gasteiger partial charge < -0.3 is 12.4 Å². The molecule has 2 rings (SSSR count). The fourth-order valence-electron chi connectivity index (χ4n) is 1.50. The van der Waals surface area contributed by atoms with Crippen molar-refractivity contribution in [3.8, 4) is 0 Å². The van der Waals surface area contributed by atoms with Crippen LogP contribution in [-0.4, -0.2) is 17.9 Å². The average Bonchev–Trinajstić information content (AvgIpc) is 2.30. The van der Waals surface area contributed by atoms with E-state index in [4.69, 9.17) is 4.84 Å². The van der Waals surface area contributed by atoms with Crippen molar-refractivity contribution in [3.63, 3.8) is 0 Å². The lowest BCUT2D eigenvalue weighted by atomic mass is 10.1.